The summed E-state index contributed by atoms with van der Waals surface area (Å²) in [4.78, 5) is 12.4. The van der Waals surface area contributed by atoms with Crippen LogP contribution in [0.3, 0.4) is 0 Å². The Bertz CT molecular complexity index is 888. The summed E-state index contributed by atoms with van der Waals surface area (Å²) in [5.74, 6) is 0.586. The zero-order valence-electron chi connectivity index (χ0n) is 13.0. The van der Waals surface area contributed by atoms with Crippen LogP contribution >= 0.6 is 34.8 Å². The fourth-order valence-electron chi connectivity index (χ4n) is 2.27. The Balaban J connectivity index is 1.67. The van der Waals surface area contributed by atoms with Crippen molar-refractivity contribution in [2.45, 2.75) is 6.61 Å². The molecule has 5 heteroatoms. The number of carbonyl (C=O) groups excluding carboxylic acids is 1. The maximum absolute atomic E-state index is 12.4. The molecule has 3 aromatic rings. The molecule has 0 spiro atoms. The fourth-order valence-corrected chi connectivity index (χ4v) is 2.86. The summed E-state index contributed by atoms with van der Waals surface area (Å²) in [6, 6.07) is 19.0. The van der Waals surface area contributed by atoms with Crippen LogP contribution < -0.4 is 4.74 Å². The number of ether oxygens (including phenoxy) is 1. The molecule has 2 nitrogen and oxygen atoms in total. The summed E-state index contributed by atoms with van der Waals surface area (Å²) in [6.45, 7) is 0.320. The summed E-state index contributed by atoms with van der Waals surface area (Å²) >= 11 is 17.8. The Morgan fingerprint density at radius 1 is 0.760 bits per heavy atom. The number of ketones is 1. The van der Waals surface area contributed by atoms with Crippen LogP contribution in [0.25, 0.3) is 0 Å². The van der Waals surface area contributed by atoms with Gasteiger partial charge in [0.05, 0.1) is 0 Å². The Kier molecular flexibility index (Phi) is 5.64. The van der Waals surface area contributed by atoms with Gasteiger partial charge in [-0.2, -0.15) is 0 Å². The first kappa shape index (κ1) is 17.8. The molecule has 0 radical (unpaired) electrons. The molecule has 0 fully saturated rings. The third-order valence-corrected chi connectivity index (χ3v) is 4.47. The second kappa shape index (κ2) is 7.92. The van der Waals surface area contributed by atoms with Gasteiger partial charge in [0.15, 0.2) is 5.78 Å². The summed E-state index contributed by atoms with van der Waals surface area (Å²) in [5.41, 5.74) is 2.01. The highest BCUT2D eigenvalue weighted by Crippen LogP contribution is 2.23. The smallest absolute Gasteiger partial charge is 0.193 e. The molecule has 0 bridgehead atoms. The summed E-state index contributed by atoms with van der Waals surface area (Å²) in [7, 11) is 0. The second-order valence-electron chi connectivity index (χ2n) is 5.38. The molecule has 0 aromatic heterocycles. The van der Waals surface area contributed by atoms with Gasteiger partial charge in [-0.3, -0.25) is 4.79 Å². The molecular formula is C20H13Cl3O2. The highest BCUT2D eigenvalue weighted by atomic mass is 35.5. The van der Waals surface area contributed by atoms with E-state index in [1.165, 1.54) is 0 Å². The van der Waals surface area contributed by atoms with Crippen molar-refractivity contribution in [2.24, 2.45) is 0 Å². The summed E-state index contributed by atoms with van der Waals surface area (Å²) in [5, 5.41) is 1.74. The number of hydrogen-bond acceptors (Lipinski definition) is 2. The van der Waals surface area contributed by atoms with Crippen molar-refractivity contribution < 1.29 is 9.53 Å². The van der Waals surface area contributed by atoms with Gasteiger partial charge in [0.2, 0.25) is 0 Å². The van der Waals surface area contributed by atoms with Crippen LogP contribution in [0.5, 0.6) is 5.75 Å². The topological polar surface area (TPSA) is 26.3 Å². The van der Waals surface area contributed by atoms with Crippen molar-refractivity contribution in [2.75, 3.05) is 0 Å². The van der Waals surface area contributed by atoms with Crippen LogP contribution in [0.4, 0.5) is 0 Å². The quantitative estimate of drug-likeness (QED) is 0.467. The number of carbonyl (C=O) groups is 1. The molecule has 0 aliphatic rings. The third kappa shape index (κ3) is 4.55. The van der Waals surface area contributed by atoms with E-state index in [4.69, 9.17) is 39.5 Å². The normalized spacial score (nSPS) is 10.5. The van der Waals surface area contributed by atoms with Crippen molar-refractivity contribution in [3.05, 3.63) is 98.5 Å². The third-order valence-electron chi connectivity index (χ3n) is 3.63. The highest BCUT2D eigenvalue weighted by molar-refractivity contribution is 6.35. The van der Waals surface area contributed by atoms with Gasteiger partial charge < -0.3 is 4.74 Å². The molecule has 0 heterocycles. The van der Waals surface area contributed by atoms with E-state index >= 15 is 0 Å². The Morgan fingerprint density at radius 2 is 1.32 bits per heavy atom. The van der Waals surface area contributed by atoms with Crippen molar-refractivity contribution in [1.82, 2.24) is 0 Å². The van der Waals surface area contributed by atoms with E-state index in [-0.39, 0.29) is 5.78 Å². The SMILES string of the molecule is O=C(c1ccc(Cl)cc1)c1ccc(OCc2ccc(Cl)cc2Cl)cc1. The summed E-state index contributed by atoms with van der Waals surface area (Å²) in [6.07, 6.45) is 0. The molecule has 0 aliphatic carbocycles. The molecule has 0 atom stereocenters. The molecular weight excluding hydrogens is 379 g/mol. The molecule has 126 valence electrons. The first-order chi connectivity index (χ1) is 12.0. The average molecular weight is 392 g/mol. The van der Waals surface area contributed by atoms with Crippen LogP contribution in [0.15, 0.2) is 66.7 Å². The van der Waals surface area contributed by atoms with Crippen molar-refractivity contribution in [1.29, 1.82) is 0 Å². The number of hydrogen-bond donors (Lipinski definition) is 0. The van der Waals surface area contributed by atoms with Crippen molar-refractivity contribution >= 4 is 40.6 Å². The van der Waals surface area contributed by atoms with Gasteiger partial charge in [-0.05, 0) is 60.7 Å². The van der Waals surface area contributed by atoms with Crippen LogP contribution in [0, 0.1) is 0 Å². The first-order valence-electron chi connectivity index (χ1n) is 7.50. The van der Waals surface area contributed by atoms with Gasteiger partial charge >= 0.3 is 0 Å². The molecule has 0 saturated heterocycles. The van der Waals surface area contributed by atoms with E-state index < -0.39 is 0 Å². The minimum Gasteiger partial charge on any atom is -0.489 e. The van der Waals surface area contributed by atoms with Gasteiger partial charge in [-0.1, -0.05) is 40.9 Å². The van der Waals surface area contributed by atoms with E-state index in [9.17, 15) is 4.79 Å². The van der Waals surface area contributed by atoms with E-state index in [1.807, 2.05) is 6.07 Å². The number of rotatable bonds is 5. The molecule has 25 heavy (non-hydrogen) atoms. The second-order valence-corrected chi connectivity index (χ2v) is 6.66. The lowest BCUT2D eigenvalue weighted by molar-refractivity contribution is 0.103. The molecule has 0 aliphatic heterocycles. The molecule has 0 unspecified atom stereocenters. The van der Waals surface area contributed by atoms with Crippen molar-refractivity contribution in [3.8, 4) is 5.75 Å². The lowest BCUT2D eigenvalue weighted by atomic mass is 10.0. The van der Waals surface area contributed by atoms with Gasteiger partial charge in [-0.15, -0.1) is 0 Å². The Hall–Kier alpha value is -2.00. The van der Waals surface area contributed by atoms with Crippen LogP contribution in [0.1, 0.15) is 21.5 Å². The van der Waals surface area contributed by atoms with Crippen LogP contribution in [-0.4, -0.2) is 5.78 Å². The highest BCUT2D eigenvalue weighted by Gasteiger charge is 2.09. The van der Waals surface area contributed by atoms with Crippen LogP contribution in [-0.2, 0) is 6.61 Å². The van der Waals surface area contributed by atoms with Gasteiger partial charge in [-0.25, -0.2) is 0 Å². The minimum absolute atomic E-state index is 0.0658. The van der Waals surface area contributed by atoms with E-state index in [2.05, 4.69) is 0 Å². The molecule has 0 N–H and O–H groups in total. The lowest BCUT2D eigenvalue weighted by Crippen LogP contribution is -2.01. The number of halogens is 3. The molecule has 3 aromatic carbocycles. The van der Waals surface area contributed by atoms with Crippen LogP contribution in [0.2, 0.25) is 15.1 Å². The predicted octanol–water partition coefficient (Wildman–Crippen LogP) is 6.46. The molecule has 0 amide bonds. The van der Waals surface area contributed by atoms with Crippen molar-refractivity contribution in [3.63, 3.8) is 0 Å². The predicted molar refractivity (Wildman–Crippen MR) is 102 cm³/mol. The standard InChI is InChI=1S/C20H13Cl3O2/c21-16-6-1-13(2-7-16)20(24)14-4-9-18(10-5-14)25-12-15-3-8-17(22)11-19(15)23/h1-11H,12H2. The Labute approximate surface area is 160 Å². The Morgan fingerprint density at radius 3 is 1.92 bits per heavy atom. The van der Waals surface area contributed by atoms with E-state index in [0.717, 1.165) is 5.56 Å². The zero-order valence-corrected chi connectivity index (χ0v) is 15.3. The monoisotopic (exact) mass is 390 g/mol. The van der Waals surface area contributed by atoms with Gasteiger partial charge in [0.25, 0.3) is 0 Å². The van der Waals surface area contributed by atoms with Gasteiger partial charge in [0.1, 0.15) is 12.4 Å². The van der Waals surface area contributed by atoms with E-state index in [1.54, 1.807) is 60.7 Å². The molecule has 3 rings (SSSR count). The fraction of sp³-hybridized carbons (Fsp3) is 0.0500. The maximum Gasteiger partial charge on any atom is 0.193 e. The lowest BCUT2D eigenvalue weighted by Gasteiger charge is -2.09. The first-order valence-corrected chi connectivity index (χ1v) is 8.63. The average Bonchev–Trinajstić information content (AvgIpc) is 2.61. The molecule has 0 saturated carbocycles. The minimum atomic E-state index is -0.0658. The maximum atomic E-state index is 12.4. The number of benzene rings is 3. The zero-order chi connectivity index (χ0) is 17.8. The summed E-state index contributed by atoms with van der Waals surface area (Å²) < 4.78 is 5.71. The van der Waals surface area contributed by atoms with Gasteiger partial charge in [0, 0.05) is 31.8 Å². The largest absolute Gasteiger partial charge is 0.489 e. The van der Waals surface area contributed by atoms with E-state index in [0.29, 0.717) is 38.6 Å².